The van der Waals surface area contributed by atoms with Crippen molar-refractivity contribution in [1.29, 1.82) is 0 Å². The third-order valence-corrected chi connectivity index (χ3v) is 2.02. The fourth-order valence-electron chi connectivity index (χ4n) is 1.07. The van der Waals surface area contributed by atoms with E-state index in [4.69, 9.17) is 22.7 Å². The first kappa shape index (κ1) is 11.2. The molecule has 0 heterocycles. The van der Waals surface area contributed by atoms with Gasteiger partial charge in [0.15, 0.2) is 0 Å². The van der Waals surface area contributed by atoms with E-state index in [1.54, 1.807) is 24.3 Å². The van der Waals surface area contributed by atoms with Gasteiger partial charge in [0.25, 0.3) is 0 Å². The second kappa shape index (κ2) is 5.78. The summed E-state index contributed by atoms with van der Waals surface area (Å²) >= 11 is 5.71. The van der Waals surface area contributed by atoms with Crippen molar-refractivity contribution < 1.29 is 0 Å². The number of benzene rings is 1. The maximum atomic E-state index is 8.35. The number of halogens is 1. The molecule has 76 valence electrons. The third-order valence-electron chi connectivity index (χ3n) is 1.76. The normalized spacial score (nSPS) is 11.0. The van der Waals surface area contributed by atoms with Crippen LogP contribution in [0.15, 0.2) is 34.5 Å². The van der Waals surface area contributed by atoms with E-state index in [1.165, 1.54) is 0 Å². The highest BCUT2D eigenvalue weighted by molar-refractivity contribution is 6.30. The number of hydrogen-bond donors (Lipinski definition) is 0. The second-order valence-corrected chi connectivity index (χ2v) is 3.12. The monoisotopic (exact) mass is 222 g/mol. The quantitative estimate of drug-likeness (QED) is 0.418. The van der Waals surface area contributed by atoms with E-state index in [9.17, 15) is 0 Å². The van der Waals surface area contributed by atoms with Gasteiger partial charge in [-0.3, -0.25) is 0 Å². The topological polar surface area (TPSA) is 97.5 Å². The van der Waals surface area contributed by atoms with Crippen LogP contribution in [0.1, 0.15) is 11.6 Å². The van der Waals surface area contributed by atoms with Crippen LogP contribution in [0.2, 0.25) is 5.02 Å². The van der Waals surface area contributed by atoms with Gasteiger partial charge in [0.2, 0.25) is 0 Å². The molecule has 0 fully saturated rings. The fourth-order valence-corrected chi connectivity index (χ4v) is 1.20. The van der Waals surface area contributed by atoms with Gasteiger partial charge < -0.3 is 0 Å². The summed E-state index contributed by atoms with van der Waals surface area (Å²) in [5, 5.41) is 7.51. The van der Waals surface area contributed by atoms with Gasteiger partial charge in [-0.25, -0.2) is 0 Å². The first-order chi connectivity index (χ1) is 7.27. The first-order valence-electron chi connectivity index (χ1n) is 4.08. The average molecular weight is 223 g/mol. The molecule has 0 aromatic heterocycles. The molecule has 0 saturated carbocycles. The minimum Gasteiger partial charge on any atom is -0.0932 e. The van der Waals surface area contributed by atoms with E-state index >= 15 is 0 Å². The van der Waals surface area contributed by atoms with Crippen LogP contribution in [0.5, 0.6) is 0 Å². The predicted molar refractivity (Wildman–Crippen MR) is 57.4 cm³/mol. The van der Waals surface area contributed by atoms with E-state index in [1.807, 2.05) is 0 Å². The van der Waals surface area contributed by atoms with Crippen LogP contribution in [0, 0.1) is 0 Å². The lowest BCUT2D eigenvalue weighted by Crippen LogP contribution is -1.97. The summed E-state index contributed by atoms with van der Waals surface area (Å²) in [5.41, 5.74) is 17.3. The molecule has 0 amide bonds. The maximum Gasteiger partial charge on any atom is 0.0681 e. The van der Waals surface area contributed by atoms with Gasteiger partial charge in [0, 0.05) is 21.4 Å². The van der Waals surface area contributed by atoms with Gasteiger partial charge in [-0.2, -0.15) is 0 Å². The lowest BCUT2D eigenvalue weighted by Gasteiger charge is -2.07. The Labute approximate surface area is 90.7 Å². The van der Waals surface area contributed by atoms with Crippen molar-refractivity contribution in [3.8, 4) is 0 Å². The zero-order valence-electron chi connectivity index (χ0n) is 7.66. The van der Waals surface area contributed by atoms with Crippen molar-refractivity contribution in [2.75, 3.05) is 6.54 Å². The van der Waals surface area contributed by atoms with E-state index < -0.39 is 6.04 Å². The summed E-state index contributed by atoms with van der Waals surface area (Å²) < 4.78 is 0. The maximum absolute atomic E-state index is 8.35. The summed E-state index contributed by atoms with van der Waals surface area (Å²) in [4.78, 5) is 5.31. The number of azide groups is 2. The Hall–Kier alpha value is -1.87. The SMILES string of the molecule is [N-]=[N+]=NCC(N=[N+]=[N-])c1ccc(Cl)cc1. The van der Waals surface area contributed by atoms with Crippen molar-refractivity contribution in [2.24, 2.45) is 10.2 Å². The van der Waals surface area contributed by atoms with E-state index in [0.717, 1.165) is 5.56 Å². The van der Waals surface area contributed by atoms with Gasteiger partial charge in [0.1, 0.15) is 0 Å². The van der Waals surface area contributed by atoms with Crippen LogP contribution >= 0.6 is 11.6 Å². The molecular weight excluding hydrogens is 216 g/mol. The average Bonchev–Trinajstić information content (AvgIpc) is 2.25. The molecule has 15 heavy (non-hydrogen) atoms. The minimum absolute atomic E-state index is 0.0994. The van der Waals surface area contributed by atoms with Gasteiger partial charge in [0.05, 0.1) is 6.04 Å². The molecule has 1 aromatic rings. The second-order valence-electron chi connectivity index (χ2n) is 2.69. The molecule has 1 atom stereocenters. The molecule has 0 radical (unpaired) electrons. The van der Waals surface area contributed by atoms with Crippen molar-refractivity contribution in [1.82, 2.24) is 0 Å². The Morgan fingerprint density at radius 2 is 1.87 bits per heavy atom. The molecule has 0 saturated heterocycles. The Bertz CT molecular complexity index is 415. The Morgan fingerprint density at radius 3 is 2.40 bits per heavy atom. The predicted octanol–water partition coefficient (Wildman–Crippen LogP) is 4.00. The summed E-state index contributed by atoms with van der Waals surface area (Å²) in [5.74, 6) is 0. The summed E-state index contributed by atoms with van der Waals surface area (Å²) in [6.07, 6.45) is 0. The summed E-state index contributed by atoms with van der Waals surface area (Å²) in [6, 6.07) is 6.35. The standard InChI is InChI=1S/C8H7ClN6/c9-7-3-1-6(2-4-7)8(13-15-11)5-12-14-10/h1-4,8H,5H2. The highest BCUT2D eigenvalue weighted by atomic mass is 35.5. The summed E-state index contributed by atoms with van der Waals surface area (Å²) in [6.45, 7) is 0.0994. The molecule has 1 unspecified atom stereocenters. The molecule has 0 spiro atoms. The molecule has 0 aliphatic rings. The lowest BCUT2D eigenvalue weighted by atomic mass is 10.1. The van der Waals surface area contributed by atoms with Gasteiger partial charge in [-0.05, 0) is 28.8 Å². The van der Waals surface area contributed by atoms with Crippen molar-refractivity contribution in [3.05, 3.63) is 55.7 Å². The van der Waals surface area contributed by atoms with Gasteiger partial charge in [-0.15, -0.1) is 0 Å². The van der Waals surface area contributed by atoms with Crippen LogP contribution in [0.3, 0.4) is 0 Å². The highest BCUT2D eigenvalue weighted by Crippen LogP contribution is 2.20. The number of nitrogens with zero attached hydrogens (tertiary/aromatic N) is 6. The zero-order valence-corrected chi connectivity index (χ0v) is 8.41. The molecule has 6 nitrogen and oxygen atoms in total. The number of rotatable bonds is 4. The number of hydrogen-bond acceptors (Lipinski definition) is 2. The smallest absolute Gasteiger partial charge is 0.0681 e. The van der Waals surface area contributed by atoms with E-state index in [0.29, 0.717) is 5.02 Å². The van der Waals surface area contributed by atoms with Crippen molar-refractivity contribution >= 4 is 11.6 Å². The van der Waals surface area contributed by atoms with Crippen LogP contribution in [0.4, 0.5) is 0 Å². The molecule has 7 heteroatoms. The van der Waals surface area contributed by atoms with Gasteiger partial charge >= 0.3 is 0 Å². The molecule has 0 aliphatic carbocycles. The molecule has 1 rings (SSSR count). The molecule has 0 bridgehead atoms. The van der Waals surface area contributed by atoms with Crippen molar-refractivity contribution in [3.63, 3.8) is 0 Å². The molecule has 0 aliphatic heterocycles. The van der Waals surface area contributed by atoms with E-state index in [-0.39, 0.29) is 6.54 Å². The molecular formula is C8H7ClN6. The van der Waals surface area contributed by atoms with Crippen molar-refractivity contribution in [2.45, 2.75) is 6.04 Å². The minimum atomic E-state index is -0.483. The molecule has 1 aromatic carbocycles. The third kappa shape index (κ3) is 3.40. The van der Waals surface area contributed by atoms with Gasteiger partial charge in [-0.1, -0.05) is 34.0 Å². The zero-order chi connectivity index (χ0) is 11.1. The summed E-state index contributed by atoms with van der Waals surface area (Å²) in [7, 11) is 0. The van der Waals surface area contributed by atoms with Crippen LogP contribution in [0.25, 0.3) is 20.9 Å². The van der Waals surface area contributed by atoms with Crippen LogP contribution < -0.4 is 0 Å². The Kier molecular flexibility index (Phi) is 4.31. The highest BCUT2D eigenvalue weighted by Gasteiger charge is 2.07. The fraction of sp³-hybridized carbons (Fsp3) is 0.250. The lowest BCUT2D eigenvalue weighted by molar-refractivity contribution is 0.727. The first-order valence-corrected chi connectivity index (χ1v) is 4.46. The van der Waals surface area contributed by atoms with Crippen LogP contribution in [-0.2, 0) is 0 Å². The van der Waals surface area contributed by atoms with Crippen LogP contribution in [-0.4, -0.2) is 6.54 Å². The largest absolute Gasteiger partial charge is 0.0932 e. The Balaban J connectivity index is 2.92. The Morgan fingerprint density at radius 1 is 1.20 bits per heavy atom. The van der Waals surface area contributed by atoms with E-state index in [2.05, 4.69) is 20.1 Å². The molecule has 0 N–H and O–H groups in total.